The average molecular weight is 351 g/mol. The molecule has 3 aromatic rings. The maximum Gasteiger partial charge on any atom is 0.356 e. The zero-order chi connectivity index (χ0) is 16.6. The zero-order valence-corrected chi connectivity index (χ0v) is 14.7. The third kappa shape index (κ3) is 2.63. The number of fused-ring (bicyclic) bond motifs is 3. The lowest BCUT2D eigenvalue weighted by Gasteiger charge is -2.09. The summed E-state index contributed by atoms with van der Waals surface area (Å²) in [6, 6.07) is 3.79. The Morgan fingerprint density at radius 2 is 1.79 bits per heavy atom. The van der Waals surface area contributed by atoms with Gasteiger partial charge in [-0.05, 0) is 18.1 Å². The lowest BCUT2D eigenvalue weighted by Crippen LogP contribution is -2.08. The normalized spacial score (nSPS) is 10.5. The highest BCUT2D eigenvalue weighted by atomic mass is 35.5. The second-order valence-corrected chi connectivity index (χ2v) is 5.10. The van der Waals surface area contributed by atoms with Crippen molar-refractivity contribution in [3.8, 4) is 11.5 Å². The van der Waals surface area contributed by atoms with Crippen LogP contribution in [0.15, 0.2) is 18.3 Å². The van der Waals surface area contributed by atoms with E-state index in [1.807, 2.05) is 19.1 Å². The Bertz CT molecular complexity index is 905. The Labute approximate surface area is 145 Å². The predicted octanol–water partition coefficient (Wildman–Crippen LogP) is 3.50. The van der Waals surface area contributed by atoms with E-state index in [0.717, 1.165) is 27.4 Å². The number of hydrogen-bond donors (Lipinski definition) is 1. The first kappa shape index (κ1) is 17.9. The number of carbonyl (C=O) groups is 1. The minimum Gasteiger partial charge on any atom is -0.493 e. The molecule has 2 heterocycles. The molecule has 0 bridgehead atoms. The van der Waals surface area contributed by atoms with Crippen LogP contribution in [0.3, 0.4) is 0 Å². The summed E-state index contributed by atoms with van der Waals surface area (Å²) in [6.45, 7) is 1.99. The van der Waals surface area contributed by atoms with Crippen LogP contribution >= 0.6 is 12.4 Å². The standard InChI is InChI=1S/C17H18N2O4.ClH/c1-5-9-15-10-6-13(21-2)14(22-3)7-11(10)19-12(15)8-18-16(9)17(20)23-4;/h6-8,19H,5H2,1-4H3;1H. The van der Waals surface area contributed by atoms with E-state index in [-0.39, 0.29) is 12.4 Å². The van der Waals surface area contributed by atoms with Crippen LogP contribution in [0.2, 0.25) is 0 Å². The predicted molar refractivity (Wildman–Crippen MR) is 94.7 cm³/mol. The molecule has 128 valence electrons. The van der Waals surface area contributed by atoms with Gasteiger partial charge in [0.1, 0.15) is 0 Å². The Morgan fingerprint density at radius 3 is 2.38 bits per heavy atom. The van der Waals surface area contributed by atoms with Crippen LogP contribution in [0.5, 0.6) is 11.5 Å². The molecule has 1 aromatic carbocycles. The van der Waals surface area contributed by atoms with Crippen molar-refractivity contribution < 1.29 is 19.0 Å². The van der Waals surface area contributed by atoms with Crippen molar-refractivity contribution >= 4 is 40.2 Å². The van der Waals surface area contributed by atoms with Gasteiger partial charge in [-0.25, -0.2) is 9.78 Å². The lowest BCUT2D eigenvalue weighted by molar-refractivity contribution is 0.0593. The summed E-state index contributed by atoms with van der Waals surface area (Å²) in [5.74, 6) is 0.851. The summed E-state index contributed by atoms with van der Waals surface area (Å²) in [4.78, 5) is 19.6. The minimum absolute atomic E-state index is 0. The van der Waals surface area contributed by atoms with Gasteiger partial charge >= 0.3 is 5.97 Å². The third-order valence-electron chi connectivity index (χ3n) is 3.97. The van der Waals surface area contributed by atoms with Gasteiger partial charge in [0.15, 0.2) is 17.2 Å². The van der Waals surface area contributed by atoms with Gasteiger partial charge in [-0.1, -0.05) is 6.92 Å². The lowest BCUT2D eigenvalue weighted by atomic mass is 10.0. The van der Waals surface area contributed by atoms with Gasteiger partial charge in [0, 0.05) is 16.8 Å². The minimum atomic E-state index is -0.432. The van der Waals surface area contributed by atoms with Crippen LogP contribution in [-0.4, -0.2) is 37.3 Å². The van der Waals surface area contributed by atoms with Crippen molar-refractivity contribution in [2.75, 3.05) is 21.3 Å². The number of aromatic nitrogens is 2. The molecule has 0 saturated carbocycles. The molecule has 0 radical (unpaired) electrons. The first-order chi connectivity index (χ1) is 11.1. The number of hydrogen-bond acceptors (Lipinski definition) is 5. The molecule has 0 fully saturated rings. The van der Waals surface area contributed by atoms with E-state index < -0.39 is 5.97 Å². The Hall–Kier alpha value is -2.47. The molecule has 0 aliphatic carbocycles. The van der Waals surface area contributed by atoms with Gasteiger partial charge in [-0.3, -0.25) is 0 Å². The van der Waals surface area contributed by atoms with Crippen molar-refractivity contribution in [3.05, 3.63) is 29.6 Å². The summed E-state index contributed by atoms with van der Waals surface area (Å²) >= 11 is 0. The molecular formula is C17H19ClN2O4. The fourth-order valence-corrected chi connectivity index (χ4v) is 2.91. The number of ether oxygens (including phenoxy) is 3. The Balaban J connectivity index is 0.00000208. The molecule has 2 aromatic heterocycles. The second kappa shape index (κ2) is 6.97. The highest BCUT2D eigenvalue weighted by Gasteiger charge is 2.19. The zero-order valence-electron chi connectivity index (χ0n) is 13.9. The SMILES string of the molecule is CCc1c(C(=O)OC)ncc2[nH]c3cc(OC)c(OC)cc3c12.Cl. The van der Waals surface area contributed by atoms with E-state index in [1.165, 1.54) is 7.11 Å². The molecule has 0 atom stereocenters. The van der Waals surface area contributed by atoms with Crippen LogP contribution in [0.4, 0.5) is 0 Å². The molecule has 0 amide bonds. The number of rotatable bonds is 4. The molecule has 7 heteroatoms. The van der Waals surface area contributed by atoms with E-state index in [4.69, 9.17) is 14.2 Å². The van der Waals surface area contributed by atoms with Crippen LogP contribution in [-0.2, 0) is 11.2 Å². The molecule has 24 heavy (non-hydrogen) atoms. The Morgan fingerprint density at radius 1 is 1.12 bits per heavy atom. The van der Waals surface area contributed by atoms with Crippen molar-refractivity contribution in [2.45, 2.75) is 13.3 Å². The first-order valence-corrected chi connectivity index (χ1v) is 7.28. The fourth-order valence-electron chi connectivity index (χ4n) is 2.91. The number of H-pyrrole nitrogens is 1. The number of methoxy groups -OCH3 is 3. The summed E-state index contributed by atoms with van der Waals surface area (Å²) in [6.07, 6.45) is 2.32. The number of aromatic amines is 1. The molecule has 0 unspecified atom stereocenters. The van der Waals surface area contributed by atoms with Gasteiger partial charge < -0.3 is 19.2 Å². The molecule has 0 spiro atoms. The molecule has 3 rings (SSSR count). The molecule has 0 saturated heterocycles. The summed E-state index contributed by atoms with van der Waals surface area (Å²) in [5.41, 5.74) is 2.96. The monoisotopic (exact) mass is 350 g/mol. The number of carbonyl (C=O) groups excluding carboxylic acids is 1. The van der Waals surface area contributed by atoms with Crippen LogP contribution in [0.25, 0.3) is 21.8 Å². The van der Waals surface area contributed by atoms with Crippen molar-refractivity contribution in [3.63, 3.8) is 0 Å². The van der Waals surface area contributed by atoms with Crippen molar-refractivity contribution in [2.24, 2.45) is 0 Å². The third-order valence-corrected chi connectivity index (χ3v) is 3.97. The topological polar surface area (TPSA) is 73.4 Å². The number of benzene rings is 1. The number of nitrogens with zero attached hydrogens (tertiary/aromatic N) is 1. The van der Waals surface area contributed by atoms with E-state index in [1.54, 1.807) is 20.4 Å². The smallest absolute Gasteiger partial charge is 0.356 e. The number of halogens is 1. The maximum absolute atomic E-state index is 12.0. The van der Waals surface area contributed by atoms with Gasteiger partial charge in [-0.15, -0.1) is 12.4 Å². The summed E-state index contributed by atoms with van der Waals surface area (Å²) < 4.78 is 15.6. The quantitative estimate of drug-likeness (QED) is 0.729. The first-order valence-electron chi connectivity index (χ1n) is 7.28. The molecular weight excluding hydrogens is 332 g/mol. The van der Waals surface area contributed by atoms with Gasteiger partial charge in [-0.2, -0.15) is 0 Å². The highest BCUT2D eigenvalue weighted by molar-refractivity contribution is 6.11. The number of pyridine rings is 1. The molecule has 0 aliphatic heterocycles. The van der Waals surface area contributed by atoms with E-state index >= 15 is 0 Å². The number of esters is 1. The van der Waals surface area contributed by atoms with Gasteiger partial charge in [0.2, 0.25) is 0 Å². The second-order valence-electron chi connectivity index (χ2n) is 5.10. The average Bonchev–Trinajstić information content (AvgIpc) is 2.96. The number of nitrogens with one attached hydrogen (secondary N) is 1. The largest absolute Gasteiger partial charge is 0.493 e. The summed E-state index contributed by atoms with van der Waals surface area (Å²) in [7, 11) is 4.55. The van der Waals surface area contributed by atoms with Crippen LogP contribution in [0, 0.1) is 0 Å². The molecule has 6 nitrogen and oxygen atoms in total. The van der Waals surface area contributed by atoms with Crippen molar-refractivity contribution in [1.82, 2.24) is 9.97 Å². The number of aryl methyl sites for hydroxylation is 1. The summed E-state index contributed by atoms with van der Waals surface area (Å²) in [5, 5.41) is 1.92. The Kier molecular flexibility index (Phi) is 5.19. The van der Waals surface area contributed by atoms with Crippen LogP contribution < -0.4 is 9.47 Å². The van der Waals surface area contributed by atoms with E-state index in [9.17, 15) is 4.79 Å². The van der Waals surface area contributed by atoms with Gasteiger partial charge in [0.25, 0.3) is 0 Å². The fraction of sp³-hybridized carbons (Fsp3) is 0.294. The maximum atomic E-state index is 12.0. The highest BCUT2D eigenvalue weighted by Crippen LogP contribution is 2.37. The van der Waals surface area contributed by atoms with Gasteiger partial charge in [0.05, 0.1) is 38.6 Å². The van der Waals surface area contributed by atoms with Crippen LogP contribution in [0.1, 0.15) is 23.0 Å². The van der Waals surface area contributed by atoms with E-state index in [0.29, 0.717) is 23.6 Å². The molecule has 1 N–H and O–H groups in total. The molecule has 0 aliphatic rings. The van der Waals surface area contributed by atoms with Crippen molar-refractivity contribution in [1.29, 1.82) is 0 Å². The van der Waals surface area contributed by atoms with E-state index in [2.05, 4.69) is 9.97 Å².